The minimum Gasteiger partial charge on any atom is -0.495 e. The Labute approximate surface area is 132 Å². The van der Waals surface area contributed by atoms with Crippen molar-refractivity contribution >= 4 is 40.6 Å². The predicted molar refractivity (Wildman–Crippen MR) is 88.2 cm³/mol. The van der Waals surface area contributed by atoms with Crippen LogP contribution < -0.4 is 15.8 Å². The van der Waals surface area contributed by atoms with E-state index in [-0.39, 0.29) is 11.7 Å². The Morgan fingerprint density at radius 2 is 2.14 bits per heavy atom. The highest BCUT2D eigenvalue weighted by atomic mass is 35.5. The summed E-state index contributed by atoms with van der Waals surface area (Å²) >= 11 is 7.34. The Kier molecular flexibility index (Phi) is 5.36. The molecule has 0 saturated heterocycles. The number of amides is 1. The van der Waals surface area contributed by atoms with Gasteiger partial charge in [0.05, 0.1) is 18.6 Å². The summed E-state index contributed by atoms with van der Waals surface area (Å²) in [5.74, 6) is 0.712. The van der Waals surface area contributed by atoms with Gasteiger partial charge in [-0.05, 0) is 36.4 Å². The largest absolute Gasteiger partial charge is 0.495 e. The number of ether oxygens (including phenoxy) is 1. The van der Waals surface area contributed by atoms with Crippen molar-refractivity contribution in [3.8, 4) is 5.75 Å². The fourth-order valence-electron chi connectivity index (χ4n) is 1.72. The first kappa shape index (κ1) is 15.5. The number of hydrogen-bond donors (Lipinski definition) is 2. The van der Waals surface area contributed by atoms with E-state index in [1.165, 1.54) is 11.8 Å². The van der Waals surface area contributed by atoms with E-state index < -0.39 is 0 Å². The van der Waals surface area contributed by atoms with E-state index in [1.54, 1.807) is 31.4 Å². The maximum Gasteiger partial charge on any atom is 0.234 e. The first-order valence-corrected chi connectivity index (χ1v) is 7.56. The van der Waals surface area contributed by atoms with Crippen molar-refractivity contribution in [3.63, 3.8) is 0 Å². The minimum absolute atomic E-state index is 0.136. The molecule has 0 aliphatic rings. The average molecular weight is 323 g/mol. The van der Waals surface area contributed by atoms with Gasteiger partial charge in [-0.1, -0.05) is 17.7 Å². The summed E-state index contributed by atoms with van der Waals surface area (Å²) in [7, 11) is 1.54. The third-order valence-corrected chi connectivity index (χ3v) is 3.89. The molecule has 110 valence electrons. The molecule has 6 heteroatoms. The van der Waals surface area contributed by atoms with Crippen LogP contribution in [0.5, 0.6) is 5.75 Å². The molecule has 0 saturated carbocycles. The molecular weight excluding hydrogens is 308 g/mol. The van der Waals surface area contributed by atoms with Crippen LogP contribution in [0.2, 0.25) is 5.02 Å². The van der Waals surface area contributed by atoms with Gasteiger partial charge in [-0.3, -0.25) is 4.79 Å². The normalized spacial score (nSPS) is 10.2. The van der Waals surface area contributed by atoms with Gasteiger partial charge in [-0.25, -0.2) is 0 Å². The number of nitrogens with one attached hydrogen (secondary N) is 1. The van der Waals surface area contributed by atoms with Gasteiger partial charge in [0.15, 0.2) is 0 Å². The van der Waals surface area contributed by atoms with E-state index in [4.69, 9.17) is 22.1 Å². The van der Waals surface area contributed by atoms with Crippen LogP contribution in [0, 0.1) is 0 Å². The first-order valence-electron chi connectivity index (χ1n) is 6.20. The van der Waals surface area contributed by atoms with Crippen molar-refractivity contribution in [2.24, 2.45) is 0 Å². The predicted octanol–water partition coefficient (Wildman–Crippen LogP) is 3.66. The number of rotatable bonds is 5. The summed E-state index contributed by atoms with van der Waals surface area (Å²) in [4.78, 5) is 12.9. The molecule has 3 N–H and O–H groups in total. The van der Waals surface area contributed by atoms with Gasteiger partial charge in [0.2, 0.25) is 5.91 Å². The molecule has 2 aromatic carbocycles. The van der Waals surface area contributed by atoms with E-state index in [2.05, 4.69) is 5.32 Å². The second-order valence-electron chi connectivity index (χ2n) is 4.25. The average Bonchev–Trinajstić information content (AvgIpc) is 2.45. The second-order valence-corrected chi connectivity index (χ2v) is 5.74. The highest BCUT2D eigenvalue weighted by Crippen LogP contribution is 2.28. The molecule has 0 atom stereocenters. The van der Waals surface area contributed by atoms with Crippen LogP contribution in [0.25, 0.3) is 0 Å². The van der Waals surface area contributed by atoms with Crippen LogP contribution in [-0.2, 0) is 4.79 Å². The molecule has 0 aliphatic heterocycles. The van der Waals surface area contributed by atoms with Gasteiger partial charge in [0.1, 0.15) is 5.75 Å². The maximum atomic E-state index is 12.0. The van der Waals surface area contributed by atoms with Crippen LogP contribution in [-0.4, -0.2) is 18.8 Å². The number of nitrogen functional groups attached to an aromatic ring is 1. The zero-order valence-electron chi connectivity index (χ0n) is 11.4. The van der Waals surface area contributed by atoms with Crippen molar-refractivity contribution in [2.45, 2.75) is 4.90 Å². The Hall–Kier alpha value is -1.85. The Morgan fingerprint density at radius 3 is 2.86 bits per heavy atom. The molecule has 1 amide bonds. The van der Waals surface area contributed by atoms with Gasteiger partial charge in [0.25, 0.3) is 0 Å². The molecule has 2 rings (SSSR count). The molecular formula is C15H15ClN2O2S. The molecule has 0 fully saturated rings. The lowest BCUT2D eigenvalue weighted by molar-refractivity contribution is -0.113. The summed E-state index contributed by atoms with van der Waals surface area (Å²) in [6.45, 7) is 0. The lowest BCUT2D eigenvalue weighted by atomic mass is 10.3. The fourth-order valence-corrected chi connectivity index (χ4v) is 2.65. The van der Waals surface area contributed by atoms with Crippen molar-refractivity contribution in [3.05, 3.63) is 47.5 Å². The first-order chi connectivity index (χ1) is 10.1. The van der Waals surface area contributed by atoms with Gasteiger partial charge in [0, 0.05) is 15.6 Å². The summed E-state index contributed by atoms with van der Waals surface area (Å²) in [6.07, 6.45) is 0. The zero-order chi connectivity index (χ0) is 15.2. The lowest BCUT2D eigenvalue weighted by Crippen LogP contribution is -2.14. The quantitative estimate of drug-likeness (QED) is 0.651. The maximum absolute atomic E-state index is 12.0. The summed E-state index contributed by atoms with van der Waals surface area (Å²) in [5.41, 5.74) is 6.93. The van der Waals surface area contributed by atoms with Crippen LogP contribution in [0.4, 0.5) is 11.4 Å². The highest BCUT2D eigenvalue weighted by molar-refractivity contribution is 8.00. The molecule has 2 aromatic rings. The Morgan fingerprint density at radius 1 is 1.33 bits per heavy atom. The van der Waals surface area contributed by atoms with Gasteiger partial charge >= 0.3 is 0 Å². The van der Waals surface area contributed by atoms with Crippen molar-refractivity contribution in [2.75, 3.05) is 23.9 Å². The van der Waals surface area contributed by atoms with Crippen LogP contribution in [0.1, 0.15) is 0 Å². The van der Waals surface area contributed by atoms with E-state index >= 15 is 0 Å². The van der Waals surface area contributed by atoms with Gasteiger partial charge in [-0.2, -0.15) is 0 Å². The number of nitrogens with two attached hydrogens (primary N) is 1. The number of carbonyl (C=O) groups excluding carboxylic acids is 1. The summed E-state index contributed by atoms with van der Waals surface area (Å²) in [5, 5.41) is 3.32. The van der Waals surface area contributed by atoms with Crippen LogP contribution in [0.15, 0.2) is 47.4 Å². The van der Waals surface area contributed by atoms with Crippen molar-refractivity contribution < 1.29 is 9.53 Å². The second kappa shape index (κ2) is 7.24. The van der Waals surface area contributed by atoms with E-state index in [0.29, 0.717) is 22.1 Å². The number of halogens is 1. The standard InChI is InChI=1S/C15H15ClN2O2S/c1-20-14-6-5-10(16)7-13(14)18-15(19)9-21-12-4-2-3-11(17)8-12/h2-8H,9,17H2,1H3,(H,18,19). The number of anilines is 2. The highest BCUT2D eigenvalue weighted by Gasteiger charge is 2.09. The van der Waals surface area contributed by atoms with E-state index in [0.717, 1.165) is 4.90 Å². The molecule has 0 heterocycles. The number of methoxy groups -OCH3 is 1. The minimum atomic E-state index is -0.136. The van der Waals surface area contributed by atoms with Crippen molar-refractivity contribution in [1.82, 2.24) is 0 Å². The lowest BCUT2D eigenvalue weighted by Gasteiger charge is -2.10. The third-order valence-electron chi connectivity index (χ3n) is 2.66. The monoisotopic (exact) mass is 322 g/mol. The SMILES string of the molecule is COc1ccc(Cl)cc1NC(=O)CSc1cccc(N)c1. The Balaban J connectivity index is 1.97. The number of thioether (sulfide) groups is 1. The fraction of sp³-hybridized carbons (Fsp3) is 0.133. The van der Waals surface area contributed by atoms with Gasteiger partial charge in [-0.15, -0.1) is 11.8 Å². The summed E-state index contributed by atoms with van der Waals surface area (Å²) in [6, 6.07) is 12.5. The Bertz CT molecular complexity index is 649. The van der Waals surface area contributed by atoms with E-state index in [9.17, 15) is 4.79 Å². The molecule has 4 nitrogen and oxygen atoms in total. The number of benzene rings is 2. The molecule has 0 aliphatic carbocycles. The molecule has 0 bridgehead atoms. The van der Waals surface area contributed by atoms with E-state index in [1.807, 2.05) is 18.2 Å². The summed E-state index contributed by atoms with van der Waals surface area (Å²) < 4.78 is 5.18. The van der Waals surface area contributed by atoms with Gasteiger partial charge < -0.3 is 15.8 Å². The number of carbonyl (C=O) groups is 1. The zero-order valence-corrected chi connectivity index (χ0v) is 13.0. The molecule has 0 spiro atoms. The smallest absolute Gasteiger partial charge is 0.234 e. The molecule has 21 heavy (non-hydrogen) atoms. The molecule has 0 aromatic heterocycles. The molecule has 0 radical (unpaired) electrons. The topological polar surface area (TPSA) is 64.3 Å². The van der Waals surface area contributed by atoms with Crippen LogP contribution in [0.3, 0.4) is 0 Å². The van der Waals surface area contributed by atoms with Crippen LogP contribution >= 0.6 is 23.4 Å². The third kappa shape index (κ3) is 4.58. The molecule has 0 unspecified atom stereocenters. The van der Waals surface area contributed by atoms with Crippen molar-refractivity contribution in [1.29, 1.82) is 0 Å². The number of hydrogen-bond acceptors (Lipinski definition) is 4.